The second-order valence-electron chi connectivity index (χ2n) is 4.66. The molecule has 0 unspecified atom stereocenters. The van der Waals surface area contributed by atoms with E-state index in [0.29, 0.717) is 17.7 Å². The Bertz CT molecular complexity index is 483. The van der Waals surface area contributed by atoms with Crippen LogP contribution in [0.1, 0.15) is 40.5 Å². The Balaban J connectivity index is 2.79. The van der Waals surface area contributed by atoms with Gasteiger partial charge in [0.15, 0.2) is 0 Å². The fourth-order valence-corrected chi connectivity index (χ4v) is 1.78. The Morgan fingerprint density at radius 2 is 2.05 bits per heavy atom. The number of nitrogens with zero attached hydrogens (tertiary/aromatic N) is 1. The Morgan fingerprint density at radius 1 is 1.35 bits per heavy atom. The SMILES string of the molecule is C=CCNC(=O)c1cccc(C(=O)N(C)CCCC)c1. The van der Waals surface area contributed by atoms with E-state index < -0.39 is 0 Å². The molecule has 0 atom stereocenters. The first-order chi connectivity index (χ1) is 9.60. The second-order valence-corrected chi connectivity index (χ2v) is 4.66. The lowest BCUT2D eigenvalue weighted by Gasteiger charge is -2.17. The van der Waals surface area contributed by atoms with Crippen molar-refractivity contribution in [1.82, 2.24) is 10.2 Å². The average molecular weight is 274 g/mol. The second kappa shape index (κ2) is 8.15. The molecule has 0 spiro atoms. The summed E-state index contributed by atoms with van der Waals surface area (Å²) in [6.07, 6.45) is 3.63. The number of carbonyl (C=O) groups excluding carboxylic acids is 2. The third-order valence-electron chi connectivity index (χ3n) is 2.97. The van der Waals surface area contributed by atoms with Crippen molar-refractivity contribution >= 4 is 11.8 Å². The van der Waals surface area contributed by atoms with Gasteiger partial charge in [-0.25, -0.2) is 0 Å². The van der Waals surface area contributed by atoms with Gasteiger partial charge < -0.3 is 10.2 Å². The van der Waals surface area contributed by atoms with Gasteiger partial charge in [-0.05, 0) is 24.6 Å². The van der Waals surface area contributed by atoms with Crippen molar-refractivity contribution in [3.63, 3.8) is 0 Å². The van der Waals surface area contributed by atoms with Gasteiger partial charge in [-0.3, -0.25) is 9.59 Å². The van der Waals surface area contributed by atoms with E-state index in [2.05, 4.69) is 18.8 Å². The molecular formula is C16H22N2O2. The Hall–Kier alpha value is -2.10. The Kier molecular flexibility index (Phi) is 6.50. The highest BCUT2D eigenvalue weighted by atomic mass is 16.2. The van der Waals surface area contributed by atoms with Crippen LogP contribution in [-0.4, -0.2) is 36.9 Å². The summed E-state index contributed by atoms with van der Waals surface area (Å²) in [6.45, 7) is 6.77. The molecule has 1 aromatic rings. The van der Waals surface area contributed by atoms with Crippen LogP contribution in [-0.2, 0) is 0 Å². The lowest BCUT2D eigenvalue weighted by atomic mass is 10.1. The summed E-state index contributed by atoms with van der Waals surface area (Å²) in [6, 6.07) is 6.78. The number of carbonyl (C=O) groups is 2. The number of nitrogens with one attached hydrogen (secondary N) is 1. The molecule has 1 rings (SSSR count). The van der Waals surface area contributed by atoms with Gasteiger partial charge in [0, 0.05) is 31.3 Å². The highest BCUT2D eigenvalue weighted by Crippen LogP contribution is 2.08. The first-order valence-electron chi connectivity index (χ1n) is 6.84. The molecule has 0 radical (unpaired) electrons. The van der Waals surface area contributed by atoms with Crippen molar-refractivity contribution in [2.45, 2.75) is 19.8 Å². The maximum atomic E-state index is 12.2. The van der Waals surface area contributed by atoms with Gasteiger partial charge in [-0.15, -0.1) is 6.58 Å². The third-order valence-corrected chi connectivity index (χ3v) is 2.97. The van der Waals surface area contributed by atoms with Gasteiger partial charge in [-0.1, -0.05) is 25.5 Å². The summed E-state index contributed by atoms with van der Waals surface area (Å²) in [4.78, 5) is 25.7. The van der Waals surface area contributed by atoms with Gasteiger partial charge in [-0.2, -0.15) is 0 Å². The van der Waals surface area contributed by atoms with Crippen LogP contribution in [0.5, 0.6) is 0 Å². The van der Waals surface area contributed by atoms with Gasteiger partial charge in [0.25, 0.3) is 11.8 Å². The molecule has 2 amide bonds. The highest BCUT2D eigenvalue weighted by molar-refractivity contribution is 5.99. The molecule has 0 bridgehead atoms. The predicted molar refractivity (Wildman–Crippen MR) is 80.8 cm³/mol. The molecule has 0 aliphatic rings. The van der Waals surface area contributed by atoms with E-state index in [4.69, 9.17) is 0 Å². The quantitative estimate of drug-likeness (QED) is 0.777. The van der Waals surface area contributed by atoms with E-state index in [1.165, 1.54) is 0 Å². The monoisotopic (exact) mass is 274 g/mol. The van der Waals surface area contributed by atoms with E-state index in [1.807, 2.05) is 0 Å². The summed E-state index contributed by atoms with van der Waals surface area (Å²) >= 11 is 0. The van der Waals surface area contributed by atoms with Crippen LogP contribution in [0.2, 0.25) is 0 Å². The normalized spacial score (nSPS) is 9.90. The fraction of sp³-hybridized carbons (Fsp3) is 0.375. The van der Waals surface area contributed by atoms with Crippen LogP contribution in [0, 0.1) is 0 Å². The highest BCUT2D eigenvalue weighted by Gasteiger charge is 2.13. The first kappa shape index (κ1) is 16.0. The maximum Gasteiger partial charge on any atom is 0.253 e. The minimum atomic E-state index is -0.198. The number of rotatable bonds is 7. The number of hydrogen-bond acceptors (Lipinski definition) is 2. The van der Waals surface area contributed by atoms with Gasteiger partial charge in [0.1, 0.15) is 0 Å². The summed E-state index contributed by atoms with van der Waals surface area (Å²) in [5, 5.41) is 2.70. The molecule has 108 valence electrons. The first-order valence-corrected chi connectivity index (χ1v) is 6.84. The van der Waals surface area contributed by atoms with Crippen LogP contribution < -0.4 is 5.32 Å². The molecule has 0 aliphatic heterocycles. The third kappa shape index (κ3) is 4.53. The molecule has 0 aliphatic carbocycles. The van der Waals surface area contributed by atoms with E-state index >= 15 is 0 Å². The van der Waals surface area contributed by atoms with Gasteiger partial charge in [0.05, 0.1) is 0 Å². The molecular weight excluding hydrogens is 252 g/mol. The van der Waals surface area contributed by atoms with Crippen molar-refractivity contribution in [2.24, 2.45) is 0 Å². The lowest BCUT2D eigenvalue weighted by molar-refractivity contribution is 0.0793. The fourth-order valence-electron chi connectivity index (χ4n) is 1.78. The predicted octanol–water partition coefficient (Wildman–Crippen LogP) is 2.47. The zero-order valence-corrected chi connectivity index (χ0v) is 12.2. The number of unbranched alkanes of at least 4 members (excludes halogenated alkanes) is 1. The summed E-state index contributed by atoms with van der Waals surface area (Å²) < 4.78 is 0. The number of amides is 2. The van der Waals surface area contributed by atoms with E-state index in [9.17, 15) is 9.59 Å². The van der Waals surface area contributed by atoms with Crippen LogP contribution in [0.3, 0.4) is 0 Å². The van der Waals surface area contributed by atoms with Crippen molar-refractivity contribution in [3.05, 3.63) is 48.0 Å². The van der Waals surface area contributed by atoms with Crippen LogP contribution in [0.25, 0.3) is 0 Å². The summed E-state index contributed by atoms with van der Waals surface area (Å²) in [5.74, 6) is -0.257. The van der Waals surface area contributed by atoms with Crippen molar-refractivity contribution in [2.75, 3.05) is 20.1 Å². The summed E-state index contributed by atoms with van der Waals surface area (Å²) in [5.41, 5.74) is 1.02. The average Bonchev–Trinajstić information content (AvgIpc) is 2.49. The topological polar surface area (TPSA) is 49.4 Å². The van der Waals surface area contributed by atoms with Crippen molar-refractivity contribution in [1.29, 1.82) is 0 Å². The molecule has 20 heavy (non-hydrogen) atoms. The Labute approximate surface area is 120 Å². The number of hydrogen-bond donors (Lipinski definition) is 1. The van der Waals surface area contributed by atoms with Crippen molar-refractivity contribution < 1.29 is 9.59 Å². The largest absolute Gasteiger partial charge is 0.349 e. The van der Waals surface area contributed by atoms with E-state index in [1.54, 1.807) is 42.3 Å². The van der Waals surface area contributed by atoms with E-state index in [0.717, 1.165) is 19.4 Å². The summed E-state index contributed by atoms with van der Waals surface area (Å²) in [7, 11) is 1.78. The zero-order chi connectivity index (χ0) is 15.0. The zero-order valence-electron chi connectivity index (χ0n) is 12.2. The molecule has 0 saturated carbocycles. The molecule has 4 nitrogen and oxygen atoms in total. The van der Waals surface area contributed by atoms with Crippen molar-refractivity contribution in [3.8, 4) is 0 Å². The molecule has 1 N–H and O–H groups in total. The smallest absolute Gasteiger partial charge is 0.253 e. The van der Waals surface area contributed by atoms with E-state index in [-0.39, 0.29) is 11.8 Å². The minimum Gasteiger partial charge on any atom is -0.349 e. The molecule has 1 aromatic carbocycles. The molecule has 0 saturated heterocycles. The molecule has 4 heteroatoms. The molecule has 0 fully saturated rings. The Morgan fingerprint density at radius 3 is 2.70 bits per heavy atom. The standard InChI is InChI=1S/C16H22N2O2/c1-4-6-11-18(3)16(20)14-9-7-8-13(12-14)15(19)17-10-5-2/h5,7-9,12H,2,4,6,10-11H2,1,3H3,(H,17,19). The van der Waals surface area contributed by atoms with Gasteiger partial charge >= 0.3 is 0 Å². The van der Waals surface area contributed by atoms with Crippen LogP contribution in [0.15, 0.2) is 36.9 Å². The van der Waals surface area contributed by atoms with Crippen LogP contribution in [0.4, 0.5) is 0 Å². The van der Waals surface area contributed by atoms with Gasteiger partial charge in [0.2, 0.25) is 0 Å². The van der Waals surface area contributed by atoms with Crippen LogP contribution >= 0.6 is 0 Å². The molecule has 0 heterocycles. The number of benzene rings is 1. The minimum absolute atomic E-state index is 0.0585. The maximum absolute atomic E-state index is 12.2. The molecule has 0 aromatic heterocycles. The lowest BCUT2D eigenvalue weighted by Crippen LogP contribution is -2.28.